The van der Waals surface area contributed by atoms with Crippen LogP contribution < -0.4 is 0 Å². The van der Waals surface area contributed by atoms with Crippen LogP contribution in [0, 0.1) is 0 Å². The number of para-hydroxylation sites is 1. The fourth-order valence-electron chi connectivity index (χ4n) is 2.66. The molecule has 0 unspecified atom stereocenters. The van der Waals surface area contributed by atoms with Crippen LogP contribution in [0.2, 0.25) is 10.0 Å². The fourth-order valence-corrected chi connectivity index (χ4v) is 3.13. The Morgan fingerprint density at radius 3 is 2.25 bits per heavy atom. The van der Waals surface area contributed by atoms with Gasteiger partial charge >= 0.3 is 11.9 Å². The number of ether oxygens (including phenoxy) is 2. The number of benzene rings is 2. The number of hydrogen-bond donors (Lipinski definition) is 1. The molecular weight excluding hydrogens is 407 g/mol. The van der Waals surface area contributed by atoms with Crippen molar-refractivity contribution in [2.24, 2.45) is 0 Å². The molecule has 0 saturated carbocycles. The Labute approximate surface area is 170 Å². The van der Waals surface area contributed by atoms with E-state index in [9.17, 15) is 14.7 Å². The molecule has 7 nitrogen and oxygen atoms in total. The standard InChI is InChI=1S/C19H14Cl2N2O5/c1-27-18(25)15-16(11-8-14(24)13(21)9-12(11)20)22-23(17(15)19(26)28-2)10-6-4-3-5-7-10/h3-9,24H,1-2H3. The lowest BCUT2D eigenvalue weighted by Crippen LogP contribution is -2.15. The number of nitrogens with zero attached hydrogens (tertiary/aromatic N) is 2. The summed E-state index contributed by atoms with van der Waals surface area (Å²) in [4.78, 5) is 25.0. The van der Waals surface area contributed by atoms with Crippen LogP contribution in [0.1, 0.15) is 20.8 Å². The molecule has 0 saturated heterocycles. The first-order chi connectivity index (χ1) is 13.4. The zero-order valence-electron chi connectivity index (χ0n) is 14.8. The maximum Gasteiger partial charge on any atom is 0.357 e. The van der Waals surface area contributed by atoms with Gasteiger partial charge in [0.2, 0.25) is 0 Å². The molecule has 0 aliphatic heterocycles. The number of esters is 2. The highest BCUT2D eigenvalue weighted by Gasteiger charge is 2.32. The van der Waals surface area contributed by atoms with Gasteiger partial charge in [-0.2, -0.15) is 5.10 Å². The summed E-state index contributed by atoms with van der Waals surface area (Å²) in [5.74, 6) is -1.87. The van der Waals surface area contributed by atoms with E-state index >= 15 is 0 Å². The summed E-state index contributed by atoms with van der Waals surface area (Å²) in [5.41, 5.74) is 0.452. The smallest absolute Gasteiger partial charge is 0.357 e. The predicted octanol–water partition coefficient (Wildman–Crippen LogP) is 4.12. The van der Waals surface area contributed by atoms with E-state index in [1.54, 1.807) is 30.3 Å². The molecule has 0 aliphatic carbocycles. The van der Waals surface area contributed by atoms with Gasteiger partial charge in [-0.25, -0.2) is 14.3 Å². The van der Waals surface area contributed by atoms with Gasteiger partial charge < -0.3 is 14.6 Å². The molecule has 9 heteroatoms. The number of carbonyl (C=O) groups is 2. The van der Waals surface area contributed by atoms with Crippen LogP contribution in [-0.2, 0) is 9.47 Å². The van der Waals surface area contributed by atoms with Crippen LogP contribution in [0.5, 0.6) is 5.75 Å². The van der Waals surface area contributed by atoms with Crippen LogP contribution in [0.25, 0.3) is 16.9 Å². The maximum atomic E-state index is 12.5. The number of aromatic nitrogens is 2. The number of phenols is 1. The Kier molecular flexibility index (Phi) is 5.58. The SMILES string of the molecule is COC(=O)c1c(-c2cc(O)c(Cl)cc2Cl)nn(-c2ccccc2)c1C(=O)OC. The molecule has 0 bridgehead atoms. The van der Waals surface area contributed by atoms with Crippen molar-refractivity contribution in [3.63, 3.8) is 0 Å². The number of halogens is 2. The molecule has 2 aromatic carbocycles. The minimum absolute atomic E-state index is 0.0315. The molecule has 28 heavy (non-hydrogen) atoms. The Hall–Kier alpha value is -3.03. The molecule has 1 heterocycles. The van der Waals surface area contributed by atoms with Crippen LogP contribution in [0.4, 0.5) is 0 Å². The highest BCUT2D eigenvalue weighted by molar-refractivity contribution is 6.37. The van der Waals surface area contributed by atoms with E-state index in [-0.39, 0.29) is 38.3 Å². The van der Waals surface area contributed by atoms with Gasteiger partial charge in [0.05, 0.1) is 30.0 Å². The van der Waals surface area contributed by atoms with Crippen LogP contribution in [0.15, 0.2) is 42.5 Å². The highest BCUT2D eigenvalue weighted by atomic mass is 35.5. The number of carbonyl (C=O) groups excluding carboxylic acids is 2. The largest absolute Gasteiger partial charge is 0.506 e. The van der Waals surface area contributed by atoms with E-state index in [4.69, 9.17) is 32.7 Å². The summed E-state index contributed by atoms with van der Waals surface area (Å²) < 4.78 is 10.9. The Morgan fingerprint density at radius 2 is 1.64 bits per heavy atom. The van der Waals surface area contributed by atoms with Gasteiger partial charge in [-0.1, -0.05) is 41.4 Å². The lowest BCUT2D eigenvalue weighted by Gasteiger charge is -2.07. The van der Waals surface area contributed by atoms with Crippen molar-refractivity contribution in [3.8, 4) is 22.7 Å². The molecule has 144 valence electrons. The summed E-state index contributed by atoms with van der Waals surface area (Å²) >= 11 is 12.1. The molecule has 0 atom stereocenters. The van der Waals surface area contributed by atoms with Gasteiger partial charge in [0.15, 0.2) is 5.69 Å². The first kappa shape index (κ1) is 19.7. The van der Waals surface area contributed by atoms with E-state index in [0.717, 1.165) is 0 Å². The van der Waals surface area contributed by atoms with Gasteiger partial charge in [-0.15, -0.1) is 0 Å². The third-order valence-corrected chi connectivity index (χ3v) is 4.56. The summed E-state index contributed by atoms with van der Waals surface area (Å²) in [6.07, 6.45) is 0. The van der Waals surface area contributed by atoms with Gasteiger partial charge in [0.1, 0.15) is 17.0 Å². The zero-order chi connectivity index (χ0) is 20.4. The van der Waals surface area contributed by atoms with Crippen LogP contribution in [0.3, 0.4) is 0 Å². The first-order valence-corrected chi connectivity index (χ1v) is 8.68. The minimum atomic E-state index is -0.817. The predicted molar refractivity (Wildman–Crippen MR) is 103 cm³/mol. The van der Waals surface area contributed by atoms with Crippen LogP contribution >= 0.6 is 23.2 Å². The molecule has 1 N–H and O–H groups in total. The van der Waals surface area contributed by atoms with Crippen molar-refractivity contribution < 1.29 is 24.2 Å². The lowest BCUT2D eigenvalue weighted by atomic mass is 10.0. The van der Waals surface area contributed by atoms with Crippen LogP contribution in [-0.4, -0.2) is 41.0 Å². The third-order valence-electron chi connectivity index (χ3n) is 3.95. The quantitative estimate of drug-likeness (QED) is 0.638. The van der Waals surface area contributed by atoms with Gasteiger partial charge in [-0.3, -0.25) is 0 Å². The second-order valence-corrected chi connectivity index (χ2v) is 6.40. The monoisotopic (exact) mass is 420 g/mol. The zero-order valence-corrected chi connectivity index (χ0v) is 16.3. The molecule has 0 radical (unpaired) electrons. The number of hydrogen-bond acceptors (Lipinski definition) is 6. The number of aromatic hydroxyl groups is 1. The summed E-state index contributed by atoms with van der Waals surface area (Å²) in [7, 11) is 2.36. The Bertz CT molecular complexity index is 1060. The van der Waals surface area contributed by atoms with Crippen molar-refractivity contribution in [2.45, 2.75) is 0 Å². The van der Waals surface area contributed by atoms with Crippen molar-refractivity contribution in [3.05, 3.63) is 63.8 Å². The number of methoxy groups -OCH3 is 2. The molecule has 0 aliphatic rings. The van der Waals surface area contributed by atoms with E-state index in [1.165, 1.54) is 31.0 Å². The fraction of sp³-hybridized carbons (Fsp3) is 0.105. The molecule has 3 rings (SSSR count). The van der Waals surface area contributed by atoms with Gasteiger partial charge in [0.25, 0.3) is 0 Å². The van der Waals surface area contributed by atoms with E-state index < -0.39 is 11.9 Å². The van der Waals surface area contributed by atoms with Gasteiger partial charge in [0, 0.05) is 5.56 Å². The summed E-state index contributed by atoms with van der Waals surface area (Å²) in [5, 5.41) is 14.5. The molecule has 1 aromatic heterocycles. The molecule has 3 aromatic rings. The average Bonchev–Trinajstić information content (AvgIpc) is 3.10. The van der Waals surface area contributed by atoms with Crippen molar-refractivity contribution >= 4 is 35.1 Å². The maximum absolute atomic E-state index is 12.5. The Morgan fingerprint density at radius 1 is 1.00 bits per heavy atom. The molecule has 0 amide bonds. The highest BCUT2D eigenvalue weighted by Crippen LogP contribution is 2.38. The summed E-state index contributed by atoms with van der Waals surface area (Å²) in [6.45, 7) is 0. The van der Waals surface area contributed by atoms with Crippen molar-refractivity contribution in [1.82, 2.24) is 9.78 Å². The second kappa shape index (κ2) is 7.92. The third kappa shape index (κ3) is 3.42. The molecular formula is C19H14Cl2N2O5. The van der Waals surface area contributed by atoms with E-state index in [1.807, 2.05) is 0 Å². The number of rotatable bonds is 4. The lowest BCUT2D eigenvalue weighted by molar-refractivity contribution is 0.0549. The second-order valence-electron chi connectivity index (χ2n) is 5.59. The van der Waals surface area contributed by atoms with Gasteiger partial charge in [-0.05, 0) is 24.3 Å². The normalized spacial score (nSPS) is 10.6. The van der Waals surface area contributed by atoms with E-state index in [0.29, 0.717) is 5.69 Å². The topological polar surface area (TPSA) is 90.6 Å². The molecule has 0 fully saturated rings. The Balaban J connectivity index is 2.40. The first-order valence-electron chi connectivity index (χ1n) is 7.92. The average molecular weight is 421 g/mol. The van der Waals surface area contributed by atoms with Crippen molar-refractivity contribution in [1.29, 1.82) is 0 Å². The molecule has 0 spiro atoms. The summed E-state index contributed by atoms with van der Waals surface area (Å²) in [6, 6.07) is 11.3. The minimum Gasteiger partial charge on any atom is -0.506 e. The van der Waals surface area contributed by atoms with Crippen molar-refractivity contribution in [2.75, 3.05) is 14.2 Å². The van der Waals surface area contributed by atoms with E-state index in [2.05, 4.69) is 5.10 Å². The number of phenolic OH excluding ortho intramolecular Hbond substituents is 1.